The molecule has 0 radical (unpaired) electrons. The van der Waals surface area contributed by atoms with Crippen molar-refractivity contribution in [3.05, 3.63) is 88.9 Å². The molecule has 0 spiro atoms. The lowest BCUT2D eigenvalue weighted by Crippen LogP contribution is -2.52. The molecule has 3 aromatic rings. The largest absolute Gasteiger partial charge is 0.454 e. The van der Waals surface area contributed by atoms with E-state index in [0.717, 1.165) is 16.1 Å². The van der Waals surface area contributed by atoms with E-state index in [1.165, 1.54) is 18.0 Å². The van der Waals surface area contributed by atoms with Crippen LogP contribution in [0.15, 0.2) is 72.8 Å². The summed E-state index contributed by atoms with van der Waals surface area (Å²) in [4.78, 5) is 28.4. The van der Waals surface area contributed by atoms with Crippen molar-refractivity contribution in [3.8, 4) is 11.5 Å². The number of hydrogen-bond donors (Lipinski definition) is 1. The van der Waals surface area contributed by atoms with Crippen molar-refractivity contribution >= 4 is 39.1 Å². The standard InChI is InChI=1S/C27H28ClN3O6S/c1-29-27(33)23(14-19-7-4-3-5-8-19)30(16-20-9-6-10-21(28)13-20)26(32)17-31(38(2,34)35)22-11-12-24-25(15-22)37-18-36-24/h3-13,15,23H,14,16-18H2,1-2H3,(H,29,33)/t23-/m1/s1. The summed E-state index contributed by atoms with van der Waals surface area (Å²) in [5.41, 5.74) is 1.79. The number of rotatable bonds is 10. The normalized spacial score (nSPS) is 13.0. The van der Waals surface area contributed by atoms with Gasteiger partial charge in [-0.15, -0.1) is 0 Å². The third kappa shape index (κ3) is 6.56. The van der Waals surface area contributed by atoms with Gasteiger partial charge >= 0.3 is 0 Å². The van der Waals surface area contributed by atoms with E-state index in [0.29, 0.717) is 22.1 Å². The summed E-state index contributed by atoms with van der Waals surface area (Å²) < 4.78 is 37.4. The van der Waals surface area contributed by atoms with Gasteiger partial charge in [-0.2, -0.15) is 0 Å². The van der Waals surface area contributed by atoms with Crippen LogP contribution >= 0.6 is 11.6 Å². The number of ether oxygens (including phenoxy) is 2. The first-order chi connectivity index (χ1) is 18.2. The van der Waals surface area contributed by atoms with Crippen LogP contribution < -0.4 is 19.1 Å². The van der Waals surface area contributed by atoms with Crippen molar-refractivity contribution in [1.29, 1.82) is 0 Å². The zero-order valence-corrected chi connectivity index (χ0v) is 22.5. The summed E-state index contributed by atoms with van der Waals surface area (Å²) in [6.07, 6.45) is 1.25. The second kappa shape index (κ2) is 11.7. The Balaban J connectivity index is 1.71. The first kappa shape index (κ1) is 27.3. The molecule has 1 atom stereocenters. The maximum absolute atomic E-state index is 13.9. The number of nitrogens with zero attached hydrogens (tertiary/aromatic N) is 2. The van der Waals surface area contributed by atoms with Crippen molar-refractivity contribution < 1.29 is 27.5 Å². The van der Waals surface area contributed by atoms with Crippen molar-refractivity contribution in [2.45, 2.75) is 19.0 Å². The number of likely N-dealkylation sites (N-methyl/N-ethyl adjacent to an activating group) is 1. The van der Waals surface area contributed by atoms with Gasteiger partial charge in [0.15, 0.2) is 11.5 Å². The molecular formula is C27H28ClN3O6S. The maximum Gasteiger partial charge on any atom is 0.244 e. The van der Waals surface area contributed by atoms with Gasteiger partial charge in [-0.3, -0.25) is 13.9 Å². The highest BCUT2D eigenvalue weighted by Gasteiger charge is 2.33. The first-order valence-corrected chi connectivity index (χ1v) is 14.0. The Bertz CT molecular complexity index is 1420. The number of nitrogens with one attached hydrogen (secondary N) is 1. The molecule has 0 saturated heterocycles. The summed E-state index contributed by atoms with van der Waals surface area (Å²) in [6.45, 7) is -0.457. The second-order valence-corrected chi connectivity index (χ2v) is 11.1. The van der Waals surface area contributed by atoms with E-state index in [1.54, 1.807) is 36.4 Å². The smallest absolute Gasteiger partial charge is 0.244 e. The molecule has 0 aliphatic carbocycles. The topological polar surface area (TPSA) is 105 Å². The van der Waals surface area contributed by atoms with Crippen molar-refractivity contribution in [2.24, 2.45) is 0 Å². The summed E-state index contributed by atoms with van der Waals surface area (Å²) in [5, 5.41) is 3.12. The fourth-order valence-electron chi connectivity index (χ4n) is 4.21. The Kier molecular flexibility index (Phi) is 8.43. The minimum absolute atomic E-state index is 0.0251. The van der Waals surface area contributed by atoms with Gasteiger partial charge in [-0.25, -0.2) is 8.42 Å². The molecule has 200 valence electrons. The molecular weight excluding hydrogens is 530 g/mol. The Morgan fingerprint density at radius 2 is 1.68 bits per heavy atom. The van der Waals surface area contributed by atoms with E-state index >= 15 is 0 Å². The van der Waals surface area contributed by atoms with Gasteiger partial charge in [0.1, 0.15) is 12.6 Å². The molecule has 38 heavy (non-hydrogen) atoms. The third-order valence-corrected chi connectivity index (χ3v) is 7.46. The Hall–Kier alpha value is -3.76. The monoisotopic (exact) mass is 557 g/mol. The lowest BCUT2D eigenvalue weighted by atomic mass is 10.0. The van der Waals surface area contributed by atoms with Crippen LogP contribution in [0.5, 0.6) is 11.5 Å². The maximum atomic E-state index is 13.9. The van der Waals surface area contributed by atoms with E-state index in [9.17, 15) is 18.0 Å². The van der Waals surface area contributed by atoms with Gasteiger partial charge in [-0.05, 0) is 35.4 Å². The fourth-order valence-corrected chi connectivity index (χ4v) is 5.26. The fraction of sp³-hybridized carbons (Fsp3) is 0.259. The van der Waals surface area contributed by atoms with Gasteiger partial charge < -0.3 is 19.7 Å². The number of amides is 2. The van der Waals surface area contributed by atoms with Gasteiger partial charge in [0.25, 0.3) is 0 Å². The summed E-state index contributed by atoms with van der Waals surface area (Å²) >= 11 is 6.19. The molecule has 0 aromatic heterocycles. The molecule has 0 unspecified atom stereocenters. The van der Waals surface area contributed by atoms with Gasteiger partial charge in [-0.1, -0.05) is 54.1 Å². The number of carbonyl (C=O) groups is 2. The van der Waals surface area contributed by atoms with Crippen LogP contribution in [0.2, 0.25) is 5.02 Å². The van der Waals surface area contributed by atoms with Crippen molar-refractivity contribution in [1.82, 2.24) is 10.2 Å². The van der Waals surface area contributed by atoms with E-state index in [1.807, 2.05) is 30.3 Å². The molecule has 1 N–H and O–H groups in total. The number of halogens is 1. The van der Waals surface area contributed by atoms with Crippen LogP contribution in [-0.2, 0) is 32.6 Å². The highest BCUT2D eigenvalue weighted by Crippen LogP contribution is 2.36. The number of benzene rings is 3. The molecule has 0 saturated carbocycles. The van der Waals surface area contributed by atoms with E-state index < -0.39 is 28.5 Å². The van der Waals surface area contributed by atoms with Crippen LogP contribution in [-0.4, -0.2) is 57.8 Å². The second-order valence-electron chi connectivity index (χ2n) is 8.78. The highest BCUT2D eigenvalue weighted by atomic mass is 35.5. The molecule has 2 amide bonds. The van der Waals surface area contributed by atoms with Crippen molar-refractivity contribution in [2.75, 3.05) is 30.9 Å². The molecule has 0 fully saturated rings. The number of carbonyl (C=O) groups excluding carboxylic acids is 2. The molecule has 1 aliphatic rings. The quantitative estimate of drug-likeness (QED) is 0.410. The van der Waals surface area contributed by atoms with Crippen LogP contribution in [0, 0.1) is 0 Å². The summed E-state index contributed by atoms with van der Waals surface area (Å²) in [5.74, 6) is -0.0684. The van der Waals surface area contributed by atoms with Crippen LogP contribution in [0.25, 0.3) is 0 Å². The molecule has 0 bridgehead atoms. The summed E-state index contributed by atoms with van der Waals surface area (Å²) in [6, 6.07) is 20.0. The molecule has 3 aromatic carbocycles. The Morgan fingerprint density at radius 1 is 0.974 bits per heavy atom. The molecule has 4 rings (SSSR count). The van der Waals surface area contributed by atoms with Gasteiger partial charge in [0, 0.05) is 31.1 Å². The molecule has 1 heterocycles. The Morgan fingerprint density at radius 3 is 2.37 bits per heavy atom. The number of hydrogen-bond acceptors (Lipinski definition) is 6. The first-order valence-electron chi connectivity index (χ1n) is 11.8. The minimum atomic E-state index is -3.89. The number of fused-ring (bicyclic) bond motifs is 1. The predicted octanol–water partition coefficient (Wildman–Crippen LogP) is 3.22. The third-order valence-electron chi connectivity index (χ3n) is 6.08. The zero-order valence-electron chi connectivity index (χ0n) is 21.0. The SMILES string of the molecule is CNC(=O)[C@@H](Cc1ccccc1)N(Cc1cccc(Cl)c1)C(=O)CN(c1ccc2c(c1)OCO2)S(C)(=O)=O. The predicted molar refractivity (Wildman–Crippen MR) is 145 cm³/mol. The van der Waals surface area contributed by atoms with Crippen LogP contribution in [0.1, 0.15) is 11.1 Å². The minimum Gasteiger partial charge on any atom is -0.454 e. The zero-order chi connectivity index (χ0) is 27.3. The average molecular weight is 558 g/mol. The number of sulfonamides is 1. The van der Waals surface area contributed by atoms with Gasteiger partial charge in [0.2, 0.25) is 28.6 Å². The van der Waals surface area contributed by atoms with Crippen LogP contribution in [0.3, 0.4) is 0 Å². The Labute approximate surface area is 227 Å². The molecule has 11 heteroatoms. The van der Waals surface area contributed by atoms with E-state index in [-0.39, 0.29) is 31.4 Å². The van der Waals surface area contributed by atoms with Crippen molar-refractivity contribution in [3.63, 3.8) is 0 Å². The molecule has 9 nitrogen and oxygen atoms in total. The van der Waals surface area contributed by atoms with E-state index in [2.05, 4.69) is 5.32 Å². The average Bonchev–Trinajstić information content (AvgIpc) is 3.36. The van der Waals surface area contributed by atoms with E-state index in [4.69, 9.17) is 21.1 Å². The van der Waals surface area contributed by atoms with Crippen LogP contribution in [0.4, 0.5) is 5.69 Å². The highest BCUT2D eigenvalue weighted by molar-refractivity contribution is 7.92. The lowest BCUT2D eigenvalue weighted by molar-refractivity contribution is -0.139. The number of anilines is 1. The van der Waals surface area contributed by atoms with Gasteiger partial charge in [0.05, 0.1) is 11.9 Å². The summed E-state index contributed by atoms with van der Waals surface area (Å²) in [7, 11) is -2.39. The lowest BCUT2D eigenvalue weighted by Gasteiger charge is -2.33. The molecule has 1 aliphatic heterocycles.